The van der Waals surface area contributed by atoms with Gasteiger partial charge in [0.05, 0.1) is 0 Å². The van der Waals surface area contributed by atoms with E-state index in [1.54, 1.807) is 0 Å². The number of rotatable bonds is 3. The summed E-state index contributed by atoms with van der Waals surface area (Å²) < 4.78 is 1.22. The van der Waals surface area contributed by atoms with Crippen LogP contribution in [0, 0.1) is 5.41 Å². The van der Waals surface area contributed by atoms with E-state index < -0.39 is 0 Å². The van der Waals surface area contributed by atoms with Crippen molar-refractivity contribution < 1.29 is 29.6 Å². The second kappa shape index (κ2) is 9.12. The van der Waals surface area contributed by atoms with E-state index in [-0.39, 0.29) is 16.2 Å². The van der Waals surface area contributed by atoms with Crippen LogP contribution in [0.4, 0.5) is 0 Å². The van der Waals surface area contributed by atoms with E-state index in [0.29, 0.717) is 11.5 Å². The summed E-state index contributed by atoms with van der Waals surface area (Å²) in [6.45, 7) is 19.3. The predicted octanol–water partition coefficient (Wildman–Crippen LogP) is 8.14. The van der Waals surface area contributed by atoms with E-state index in [1.807, 2.05) is 42.5 Å². The van der Waals surface area contributed by atoms with Crippen LogP contribution in [0.25, 0.3) is 22.3 Å². The molecule has 34 heavy (non-hydrogen) atoms. The molecule has 3 aromatic carbocycles. The van der Waals surface area contributed by atoms with Gasteiger partial charge in [0, 0.05) is 0 Å². The van der Waals surface area contributed by atoms with Crippen molar-refractivity contribution in [1.82, 2.24) is 0 Å². The molecule has 0 bridgehead atoms. The van der Waals surface area contributed by atoms with Crippen LogP contribution in [-0.2, 0) is 30.2 Å². The Balaban J connectivity index is 2.43. The van der Waals surface area contributed by atoms with E-state index in [9.17, 15) is 10.2 Å². The van der Waals surface area contributed by atoms with Crippen LogP contribution in [0.2, 0.25) is 0 Å². The zero-order valence-corrected chi connectivity index (χ0v) is 24.0. The maximum absolute atomic E-state index is 11.4. The number of phenolic OH excluding ortho intramolecular Hbond substituents is 2. The Labute approximate surface area is 216 Å². The van der Waals surface area contributed by atoms with Gasteiger partial charge in [-0.1, -0.05) is 0 Å². The van der Waals surface area contributed by atoms with E-state index in [0.717, 1.165) is 38.9 Å². The third-order valence-electron chi connectivity index (χ3n) is 6.24. The Morgan fingerprint density at radius 3 is 1.21 bits per heavy atom. The summed E-state index contributed by atoms with van der Waals surface area (Å²) in [7, 11) is 0. The van der Waals surface area contributed by atoms with Crippen molar-refractivity contribution in [3.05, 3.63) is 71.3 Å². The number of para-hydroxylation sites is 2. The average Bonchev–Trinajstić information content (AvgIpc) is 2.70. The molecule has 3 heteroatoms. The molecule has 0 aliphatic rings. The van der Waals surface area contributed by atoms with Crippen LogP contribution >= 0.6 is 0 Å². The fourth-order valence-corrected chi connectivity index (χ4v) is 4.89. The molecule has 0 aliphatic carbocycles. The van der Waals surface area contributed by atoms with Gasteiger partial charge < -0.3 is 0 Å². The first-order valence-electron chi connectivity index (χ1n) is 11.9. The minimum absolute atomic E-state index is 0.0934. The molecule has 0 saturated heterocycles. The van der Waals surface area contributed by atoms with Crippen molar-refractivity contribution in [2.24, 2.45) is 5.41 Å². The molecular formula is C31H38MoO2. The Morgan fingerprint density at radius 2 is 0.882 bits per heavy atom. The van der Waals surface area contributed by atoms with Gasteiger partial charge in [0.25, 0.3) is 0 Å². The van der Waals surface area contributed by atoms with Crippen molar-refractivity contribution >= 4 is 3.90 Å². The maximum atomic E-state index is 11.4. The van der Waals surface area contributed by atoms with Gasteiger partial charge in [-0.15, -0.1) is 0 Å². The number of phenols is 2. The quantitative estimate of drug-likeness (QED) is 0.331. The topological polar surface area (TPSA) is 40.5 Å². The van der Waals surface area contributed by atoms with Gasteiger partial charge in [-0.2, -0.15) is 0 Å². The molecule has 3 rings (SSSR count). The van der Waals surface area contributed by atoms with Gasteiger partial charge in [-0.3, -0.25) is 0 Å². The second-order valence-electron chi connectivity index (χ2n) is 12.2. The third-order valence-corrected chi connectivity index (χ3v) is 8.25. The zero-order valence-electron chi connectivity index (χ0n) is 22.0. The molecule has 0 amide bonds. The summed E-state index contributed by atoms with van der Waals surface area (Å²) in [5.74, 6) is 0.646. The van der Waals surface area contributed by atoms with E-state index >= 15 is 0 Å². The summed E-state index contributed by atoms with van der Waals surface area (Å²) in [5.41, 5.74) is 6.07. The molecule has 0 aromatic heterocycles. The first-order valence-corrected chi connectivity index (χ1v) is 12.9. The summed E-state index contributed by atoms with van der Waals surface area (Å²) >= 11 is 2.07. The fraction of sp³-hybridized carbons (Fsp3) is 0.387. The molecule has 0 radical (unpaired) electrons. The van der Waals surface area contributed by atoms with Crippen molar-refractivity contribution in [3.8, 4) is 33.8 Å². The first kappa shape index (κ1) is 26.4. The normalized spacial score (nSPS) is 12.6. The summed E-state index contributed by atoms with van der Waals surface area (Å²) in [5, 5.41) is 22.8. The van der Waals surface area contributed by atoms with Crippen LogP contribution in [0.15, 0.2) is 54.6 Å². The van der Waals surface area contributed by atoms with E-state index in [2.05, 4.69) is 93.8 Å². The molecule has 180 valence electrons. The molecule has 0 unspecified atom stereocenters. The molecular weight excluding hydrogens is 500 g/mol. The molecule has 0 heterocycles. The van der Waals surface area contributed by atoms with Crippen LogP contribution in [0.3, 0.4) is 0 Å². The monoisotopic (exact) mass is 540 g/mol. The van der Waals surface area contributed by atoms with Crippen LogP contribution in [0.5, 0.6) is 11.5 Å². The van der Waals surface area contributed by atoms with Gasteiger partial charge in [-0.25, -0.2) is 0 Å². The molecule has 2 N–H and O–H groups in total. The predicted molar refractivity (Wildman–Crippen MR) is 142 cm³/mol. The molecule has 0 fully saturated rings. The summed E-state index contributed by atoms with van der Waals surface area (Å²) in [6.07, 6.45) is 0. The van der Waals surface area contributed by atoms with Crippen LogP contribution in [-0.4, -0.2) is 14.1 Å². The Bertz CT molecular complexity index is 1150. The zero-order chi connectivity index (χ0) is 25.6. The Morgan fingerprint density at radius 1 is 0.559 bits per heavy atom. The van der Waals surface area contributed by atoms with Crippen molar-refractivity contribution in [2.75, 3.05) is 0 Å². The van der Waals surface area contributed by atoms with Crippen molar-refractivity contribution in [3.63, 3.8) is 0 Å². The average molecular weight is 539 g/mol. The molecule has 0 saturated carbocycles. The Kier molecular flexibility index (Phi) is 7.09. The summed E-state index contributed by atoms with van der Waals surface area (Å²) in [6, 6.07) is 18.2. The van der Waals surface area contributed by atoms with E-state index in [4.69, 9.17) is 0 Å². The molecule has 0 aliphatic heterocycles. The van der Waals surface area contributed by atoms with Gasteiger partial charge >= 0.3 is 217 Å². The molecule has 0 spiro atoms. The van der Waals surface area contributed by atoms with Crippen LogP contribution < -0.4 is 0 Å². The van der Waals surface area contributed by atoms with Gasteiger partial charge in [0.15, 0.2) is 0 Å². The number of hydrogen-bond acceptors (Lipinski definition) is 2. The third kappa shape index (κ3) is 5.08. The number of aromatic hydroxyl groups is 2. The second-order valence-corrected chi connectivity index (χ2v) is 13.2. The molecule has 3 aromatic rings. The number of hydrogen-bond donors (Lipinski definition) is 2. The first-order chi connectivity index (χ1) is 15.5. The fourth-order valence-electron chi connectivity index (χ4n) is 4.35. The van der Waals surface area contributed by atoms with Crippen LogP contribution in [0.1, 0.15) is 79.0 Å². The molecule has 2 nitrogen and oxygen atoms in total. The van der Waals surface area contributed by atoms with Gasteiger partial charge in [-0.05, 0) is 0 Å². The Hall–Kier alpha value is -2.18. The van der Waals surface area contributed by atoms with Crippen molar-refractivity contribution in [2.45, 2.75) is 73.1 Å². The number of benzene rings is 3. The van der Waals surface area contributed by atoms with Gasteiger partial charge in [0.1, 0.15) is 0 Å². The summed E-state index contributed by atoms with van der Waals surface area (Å²) in [4.78, 5) is 0. The molecule has 0 atom stereocenters. The minimum atomic E-state index is -0.180. The van der Waals surface area contributed by atoms with E-state index in [1.165, 1.54) is 3.90 Å². The van der Waals surface area contributed by atoms with Crippen molar-refractivity contribution in [1.29, 1.82) is 0 Å². The standard InChI is InChI=1S/C31H38O2.Mo/c1-29(2,3)19-24-20(22-15-11-17-25(27(22)32)30(4,5)6)13-10-14-21(24)23-16-12-18-26(28(23)33)31(7,8)9;/h10-18,32-33H,1-9H3;. The SMILES string of the molecule is CC(C)(C)[C](=[Mo])c1c(-c2cccc(C(C)(C)C)c2O)cccc1-c1cccc(C(C)(C)C)c1O. The van der Waals surface area contributed by atoms with Gasteiger partial charge in [0.2, 0.25) is 0 Å².